The minimum absolute atomic E-state index is 0.162. The Hall–Kier alpha value is -1.54. The van der Waals surface area contributed by atoms with E-state index in [-0.39, 0.29) is 12.5 Å². The van der Waals surface area contributed by atoms with Crippen LogP contribution in [0.4, 0.5) is 0 Å². The number of likely N-dealkylation sites (N-methyl/N-ethyl adjacent to an activating group) is 1. The van der Waals surface area contributed by atoms with Crippen LogP contribution in [0.2, 0.25) is 5.02 Å². The highest BCUT2D eigenvalue weighted by Gasteiger charge is 2.07. The lowest BCUT2D eigenvalue weighted by atomic mass is 10.1. The number of aliphatic hydroxyl groups excluding tert-OH is 1. The van der Waals surface area contributed by atoms with Crippen LogP contribution in [0.5, 0.6) is 0 Å². The van der Waals surface area contributed by atoms with E-state index < -0.39 is 0 Å². The van der Waals surface area contributed by atoms with Crippen LogP contribution in [-0.2, 0) is 0 Å². The van der Waals surface area contributed by atoms with E-state index in [9.17, 15) is 4.79 Å². The fraction of sp³-hybridized carbons (Fsp3) is 0.357. The molecule has 0 fully saturated rings. The number of hydrogen-bond acceptors (Lipinski definition) is 3. The molecule has 0 saturated heterocycles. The number of amides is 1. The van der Waals surface area contributed by atoms with Gasteiger partial charge in [0.25, 0.3) is 5.91 Å². The Kier molecular flexibility index (Phi) is 6.37. The van der Waals surface area contributed by atoms with Crippen molar-refractivity contribution < 1.29 is 9.90 Å². The van der Waals surface area contributed by atoms with Gasteiger partial charge in [0.05, 0.1) is 5.02 Å². The standard InChI is InChI=1S/C14H17ClN2O2/c1-17(2)8-7-16-14(19)12-6-5-11(4-3-9-18)13(15)10-12/h5-6,10,18H,7-9H2,1-2H3,(H,16,19). The van der Waals surface area contributed by atoms with E-state index >= 15 is 0 Å². The van der Waals surface area contributed by atoms with Gasteiger partial charge in [-0.25, -0.2) is 0 Å². The maximum absolute atomic E-state index is 11.8. The molecule has 0 aliphatic heterocycles. The highest BCUT2D eigenvalue weighted by molar-refractivity contribution is 6.32. The molecule has 0 bridgehead atoms. The second-order valence-electron chi connectivity index (χ2n) is 4.21. The van der Waals surface area contributed by atoms with Gasteiger partial charge in [-0.1, -0.05) is 23.4 Å². The van der Waals surface area contributed by atoms with Gasteiger partial charge in [0.2, 0.25) is 0 Å². The molecule has 1 amide bonds. The predicted molar refractivity (Wildman–Crippen MR) is 76.3 cm³/mol. The number of carbonyl (C=O) groups is 1. The predicted octanol–water partition coefficient (Wildman–Crippen LogP) is 0.975. The van der Waals surface area contributed by atoms with E-state index in [4.69, 9.17) is 16.7 Å². The van der Waals surface area contributed by atoms with E-state index in [0.717, 1.165) is 6.54 Å². The van der Waals surface area contributed by atoms with Gasteiger partial charge in [-0.2, -0.15) is 0 Å². The van der Waals surface area contributed by atoms with Gasteiger partial charge in [0, 0.05) is 24.2 Å². The molecular weight excluding hydrogens is 264 g/mol. The molecule has 0 heterocycles. The van der Waals surface area contributed by atoms with Crippen LogP contribution in [0.15, 0.2) is 18.2 Å². The van der Waals surface area contributed by atoms with Crippen molar-refractivity contribution in [2.45, 2.75) is 0 Å². The molecule has 0 atom stereocenters. The third kappa shape index (κ3) is 5.31. The number of carbonyl (C=O) groups excluding carboxylic acids is 1. The van der Waals surface area contributed by atoms with Crippen LogP contribution in [0, 0.1) is 11.8 Å². The first-order chi connectivity index (χ1) is 9.04. The number of nitrogens with zero attached hydrogens (tertiary/aromatic N) is 1. The maximum atomic E-state index is 11.8. The Balaban J connectivity index is 2.69. The number of nitrogens with one attached hydrogen (secondary N) is 1. The van der Waals surface area contributed by atoms with Crippen LogP contribution in [0.3, 0.4) is 0 Å². The molecular formula is C14H17ClN2O2. The number of rotatable bonds is 4. The number of benzene rings is 1. The fourth-order valence-corrected chi connectivity index (χ4v) is 1.62. The quantitative estimate of drug-likeness (QED) is 0.809. The third-order valence-electron chi connectivity index (χ3n) is 2.38. The zero-order valence-electron chi connectivity index (χ0n) is 11.0. The van der Waals surface area contributed by atoms with Crippen molar-refractivity contribution in [3.63, 3.8) is 0 Å². The summed E-state index contributed by atoms with van der Waals surface area (Å²) in [5.41, 5.74) is 1.10. The summed E-state index contributed by atoms with van der Waals surface area (Å²) in [5, 5.41) is 11.8. The van der Waals surface area contributed by atoms with Crippen molar-refractivity contribution >= 4 is 17.5 Å². The van der Waals surface area contributed by atoms with E-state index in [1.807, 2.05) is 19.0 Å². The van der Waals surface area contributed by atoms with E-state index in [0.29, 0.717) is 22.7 Å². The van der Waals surface area contributed by atoms with Gasteiger partial charge < -0.3 is 15.3 Å². The summed E-state index contributed by atoms with van der Waals surface area (Å²) in [6.07, 6.45) is 0. The highest BCUT2D eigenvalue weighted by Crippen LogP contribution is 2.16. The Morgan fingerprint density at radius 1 is 1.47 bits per heavy atom. The van der Waals surface area contributed by atoms with Gasteiger partial charge in [-0.05, 0) is 32.3 Å². The monoisotopic (exact) mass is 280 g/mol. The fourth-order valence-electron chi connectivity index (χ4n) is 1.39. The molecule has 0 radical (unpaired) electrons. The van der Waals surface area contributed by atoms with Crippen LogP contribution in [0.1, 0.15) is 15.9 Å². The first kappa shape index (κ1) is 15.5. The van der Waals surface area contributed by atoms with Crippen LogP contribution in [-0.4, -0.2) is 49.7 Å². The number of hydrogen-bond donors (Lipinski definition) is 2. The largest absolute Gasteiger partial charge is 0.384 e. The molecule has 102 valence electrons. The smallest absolute Gasteiger partial charge is 0.251 e. The molecule has 1 aromatic rings. The van der Waals surface area contributed by atoms with Crippen molar-refractivity contribution in [1.82, 2.24) is 10.2 Å². The first-order valence-electron chi connectivity index (χ1n) is 5.87. The van der Waals surface area contributed by atoms with Crippen molar-refractivity contribution in [2.24, 2.45) is 0 Å². The van der Waals surface area contributed by atoms with E-state index in [2.05, 4.69) is 17.2 Å². The molecule has 0 unspecified atom stereocenters. The average molecular weight is 281 g/mol. The van der Waals surface area contributed by atoms with Crippen LogP contribution < -0.4 is 5.32 Å². The van der Waals surface area contributed by atoms with Crippen molar-refractivity contribution in [3.05, 3.63) is 34.3 Å². The Morgan fingerprint density at radius 3 is 2.79 bits per heavy atom. The zero-order chi connectivity index (χ0) is 14.3. The summed E-state index contributed by atoms with van der Waals surface area (Å²) in [6.45, 7) is 1.14. The minimum atomic E-state index is -0.219. The summed E-state index contributed by atoms with van der Waals surface area (Å²) in [4.78, 5) is 13.8. The Labute approximate surface area is 118 Å². The van der Waals surface area contributed by atoms with Gasteiger partial charge in [-0.3, -0.25) is 4.79 Å². The van der Waals surface area contributed by atoms with E-state index in [1.165, 1.54) is 0 Å². The molecule has 2 N–H and O–H groups in total. The third-order valence-corrected chi connectivity index (χ3v) is 2.69. The zero-order valence-corrected chi connectivity index (χ0v) is 11.8. The molecule has 0 aliphatic rings. The highest BCUT2D eigenvalue weighted by atomic mass is 35.5. The van der Waals surface area contributed by atoms with Gasteiger partial charge in [-0.15, -0.1) is 0 Å². The second kappa shape index (κ2) is 7.80. The number of halogens is 1. The first-order valence-corrected chi connectivity index (χ1v) is 6.24. The topological polar surface area (TPSA) is 52.6 Å². The van der Waals surface area contributed by atoms with Gasteiger partial charge in [0.1, 0.15) is 6.61 Å². The number of aliphatic hydroxyl groups is 1. The van der Waals surface area contributed by atoms with Crippen molar-refractivity contribution in [1.29, 1.82) is 0 Å². The molecule has 0 spiro atoms. The molecule has 0 aliphatic carbocycles. The molecule has 0 saturated carbocycles. The lowest BCUT2D eigenvalue weighted by molar-refractivity contribution is 0.0951. The molecule has 1 aromatic carbocycles. The SMILES string of the molecule is CN(C)CCNC(=O)c1ccc(C#CCO)c(Cl)c1. The summed E-state index contributed by atoms with van der Waals surface area (Å²) in [6, 6.07) is 4.91. The molecule has 5 heteroatoms. The van der Waals surface area contributed by atoms with Crippen molar-refractivity contribution in [3.8, 4) is 11.8 Å². The molecule has 19 heavy (non-hydrogen) atoms. The minimum Gasteiger partial charge on any atom is -0.384 e. The normalized spacial score (nSPS) is 9.95. The lowest BCUT2D eigenvalue weighted by Crippen LogP contribution is -2.31. The molecule has 0 aromatic heterocycles. The summed E-state index contributed by atoms with van der Waals surface area (Å²) >= 11 is 6.02. The van der Waals surface area contributed by atoms with Crippen LogP contribution in [0.25, 0.3) is 0 Å². The maximum Gasteiger partial charge on any atom is 0.251 e. The molecule has 4 nitrogen and oxygen atoms in total. The Bertz CT molecular complexity index is 504. The summed E-state index contributed by atoms with van der Waals surface area (Å²) < 4.78 is 0. The average Bonchev–Trinajstić information content (AvgIpc) is 2.36. The van der Waals surface area contributed by atoms with Gasteiger partial charge in [0.15, 0.2) is 0 Å². The lowest BCUT2D eigenvalue weighted by Gasteiger charge is -2.10. The summed E-state index contributed by atoms with van der Waals surface area (Å²) in [7, 11) is 3.88. The Morgan fingerprint density at radius 2 is 2.21 bits per heavy atom. The van der Waals surface area contributed by atoms with Crippen molar-refractivity contribution in [2.75, 3.05) is 33.8 Å². The molecule has 1 rings (SSSR count). The van der Waals surface area contributed by atoms with E-state index in [1.54, 1.807) is 18.2 Å². The summed E-state index contributed by atoms with van der Waals surface area (Å²) in [5.74, 6) is 5.07. The van der Waals surface area contributed by atoms with Gasteiger partial charge >= 0.3 is 0 Å². The second-order valence-corrected chi connectivity index (χ2v) is 4.62. The van der Waals surface area contributed by atoms with Crippen LogP contribution >= 0.6 is 11.6 Å².